The molecule has 1 N–H and O–H groups in total. The summed E-state index contributed by atoms with van der Waals surface area (Å²) in [7, 11) is -3.53. The van der Waals surface area contributed by atoms with Gasteiger partial charge in [0.25, 0.3) is 5.91 Å². The van der Waals surface area contributed by atoms with Gasteiger partial charge in [0.1, 0.15) is 5.82 Å². The maximum absolute atomic E-state index is 12.9. The second-order valence-corrected chi connectivity index (χ2v) is 10.4. The van der Waals surface area contributed by atoms with Gasteiger partial charge in [-0.3, -0.25) is 4.79 Å². The molecule has 1 atom stereocenters. The first-order valence-electron chi connectivity index (χ1n) is 11.2. The van der Waals surface area contributed by atoms with E-state index in [1.54, 1.807) is 16.4 Å². The third kappa shape index (κ3) is 4.29. The Hall–Kier alpha value is -2.71. The first-order valence-corrected chi connectivity index (χ1v) is 12.6. The normalized spacial score (nSPS) is 16.8. The van der Waals surface area contributed by atoms with E-state index in [0.717, 1.165) is 36.2 Å². The number of nitrogens with zero attached hydrogens (tertiary/aromatic N) is 3. The average Bonchev–Trinajstić information content (AvgIpc) is 3.18. The lowest BCUT2D eigenvalue weighted by Gasteiger charge is -2.29. The molecule has 1 aliphatic rings. The molecular formula is C24H30N4O3S. The summed E-state index contributed by atoms with van der Waals surface area (Å²) in [5, 5.41) is 2.99. The third-order valence-electron chi connectivity index (χ3n) is 6.23. The molecule has 2 aromatic carbocycles. The van der Waals surface area contributed by atoms with Crippen LogP contribution in [0.4, 0.5) is 0 Å². The molecule has 170 valence electrons. The van der Waals surface area contributed by atoms with Gasteiger partial charge in [0.15, 0.2) is 0 Å². The van der Waals surface area contributed by atoms with Gasteiger partial charge < -0.3 is 9.88 Å². The van der Waals surface area contributed by atoms with Crippen LogP contribution < -0.4 is 5.32 Å². The number of aromatic nitrogens is 2. The quantitative estimate of drug-likeness (QED) is 0.611. The zero-order valence-corrected chi connectivity index (χ0v) is 19.6. The van der Waals surface area contributed by atoms with Gasteiger partial charge in [0.2, 0.25) is 10.0 Å². The molecule has 2 heterocycles. The van der Waals surface area contributed by atoms with Crippen LogP contribution in [0.5, 0.6) is 0 Å². The summed E-state index contributed by atoms with van der Waals surface area (Å²) < 4.78 is 29.4. The smallest absolute Gasteiger partial charge is 0.251 e. The maximum atomic E-state index is 12.9. The summed E-state index contributed by atoms with van der Waals surface area (Å²) in [5.74, 6) is 1.08. The fourth-order valence-electron chi connectivity index (χ4n) is 4.25. The summed E-state index contributed by atoms with van der Waals surface area (Å²) >= 11 is 0. The molecule has 7 nitrogen and oxygen atoms in total. The van der Waals surface area contributed by atoms with Crippen LogP contribution in [-0.4, -0.2) is 41.3 Å². The summed E-state index contributed by atoms with van der Waals surface area (Å²) in [5.41, 5.74) is 2.35. The van der Waals surface area contributed by atoms with E-state index in [2.05, 4.69) is 16.8 Å². The monoisotopic (exact) mass is 454 g/mol. The molecule has 1 unspecified atom stereocenters. The SMILES string of the molecule is CCn1c(C(C)NC(=O)c2ccc(S(=O)(=O)N3CCC(C)CC3)cc2)nc2ccccc21. The maximum Gasteiger partial charge on any atom is 0.251 e. The molecule has 0 aliphatic carbocycles. The van der Waals surface area contributed by atoms with Crippen LogP contribution in [0.25, 0.3) is 11.0 Å². The van der Waals surface area contributed by atoms with Crippen molar-refractivity contribution in [2.24, 2.45) is 5.92 Å². The van der Waals surface area contributed by atoms with Crippen LogP contribution >= 0.6 is 0 Å². The van der Waals surface area contributed by atoms with Crippen molar-refractivity contribution in [1.82, 2.24) is 19.2 Å². The van der Waals surface area contributed by atoms with Crippen molar-refractivity contribution in [2.75, 3.05) is 13.1 Å². The first-order chi connectivity index (χ1) is 15.3. The highest BCUT2D eigenvalue weighted by molar-refractivity contribution is 7.89. The largest absolute Gasteiger partial charge is 0.342 e. The van der Waals surface area contributed by atoms with Crippen LogP contribution in [0, 0.1) is 5.92 Å². The number of imidazole rings is 1. The minimum Gasteiger partial charge on any atom is -0.342 e. The molecule has 0 saturated carbocycles. The van der Waals surface area contributed by atoms with Crippen LogP contribution in [-0.2, 0) is 16.6 Å². The molecule has 0 bridgehead atoms. The summed E-state index contributed by atoms with van der Waals surface area (Å²) in [6, 6.07) is 13.8. The highest BCUT2D eigenvalue weighted by Gasteiger charge is 2.28. The Morgan fingerprint density at radius 2 is 1.78 bits per heavy atom. The van der Waals surface area contributed by atoms with Gasteiger partial charge in [-0.15, -0.1) is 0 Å². The van der Waals surface area contributed by atoms with E-state index < -0.39 is 10.0 Å². The van der Waals surface area contributed by atoms with E-state index in [1.165, 1.54) is 12.1 Å². The van der Waals surface area contributed by atoms with Gasteiger partial charge in [0.05, 0.1) is 22.0 Å². The van der Waals surface area contributed by atoms with Gasteiger partial charge in [-0.05, 0) is 69.0 Å². The van der Waals surface area contributed by atoms with Crippen LogP contribution in [0.3, 0.4) is 0 Å². The number of piperidine rings is 1. The molecule has 1 aromatic heterocycles. The summed E-state index contributed by atoms with van der Waals surface area (Å²) in [4.78, 5) is 17.8. The van der Waals surface area contributed by atoms with Crippen molar-refractivity contribution >= 4 is 27.0 Å². The van der Waals surface area contributed by atoms with Gasteiger partial charge in [-0.2, -0.15) is 4.31 Å². The van der Waals surface area contributed by atoms with Crippen LogP contribution in [0.2, 0.25) is 0 Å². The van der Waals surface area contributed by atoms with Crippen LogP contribution in [0.15, 0.2) is 53.4 Å². The van der Waals surface area contributed by atoms with E-state index in [4.69, 9.17) is 4.98 Å². The Morgan fingerprint density at radius 3 is 2.44 bits per heavy atom. The highest BCUT2D eigenvalue weighted by Crippen LogP contribution is 2.24. The Morgan fingerprint density at radius 1 is 1.12 bits per heavy atom. The number of carbonyl (C=O) groups is 1. The summed E-state index contributed by atoms with van der Waals surface area (Å²) in [6.07, 6.45) is 1.75. The number of rotatable bonds is 6. The second kappa shape index (κ2) is 9.03. The van der Waals surface area contributed by atoms with Crippen molar-refractivity contribution in [1.29, 1.82) is 0 Å². The molecule has 4 rings (SSSR count). The molecular weight excluding hydrogens is 424 g/mol. The zero-order valence-electron chi connectivity index (χ0n) is 18.8. The number of para-hydroxylation sites is 2. The topological polar surface area (TPSA) is 84.3 Å². The number of fused-ring (bicyclic) bond motifs is 1. The van der Waals surface area contributed by atoms with Crippen molar-refractivity contribution in [3.8, 4) is 0 Å². The summed E-state index contributed by atoms with van der Waals surface area (Å²) in [6.45, 7) is 7.94. The average molecular weight is 455 g/mol. The van der Waals surface area contributed by atoms with Crippen LogP contribution in [0.1, 0.15) is 55.8 Å². The Bertz CT molecular complexity index is 1210. The molecule has 1 aliphatic heterocycles. The Balaban J connectivity index is 1.49. The Labute approximate surface area is 189 Å². The van der Waals surface area contributed by atoms with Gasteiger partial charge in [-0.25, -0.2) is 13.4 Å². The highest BCUT2D eigenvalue weighted by atomic mass is 32.2. The van der Waals surface area contributed by atoms with Crippen molar-refractivity contribution in [3.05, 3.63) is 59.9 Å². The number of hydrogen-bond acceptors (Lipinski definition) is 4. The number of hydrogen-bond donors (Lipinski definition) is 1. The zero-order chi connectivity index (χ0) is 22.9. The number of sulfonamides is 1. The number of benzene rings is 2. The number of carbonyl (C=O) groups excluding carboxylic acids is 1. The van der Waals surface area contributed by atoms with Gasteiger partial charge in [-0.1, -0.05) is 19.1 Å². The molecule has 1 amide bonds. The standard InChI is InChI=1S/C24H30N4O3S/c1-4-28-22-8-6-5-7-21(22)26-23(28)18(3)25-24(29)19-9-11-20(12-10-19)32(30,31)27-15-13-17(2)14-16-27/h5-12,17-18H,4,13-16H2,1-3H3,(H,25,29). The predicted octanol–water partition coefficient (Wildman–Crippen LogP) is 3.97. The minimum absolute atomic E-state index is 0.226. The number of nitrogens with one attached hydrogen (secondary N) is 1. The molecule has 1 fully saturated rings. The molecule has 0 radical (unpaired) electrons. The van der Waals surface area contributed by atoms with E-state index in [1.807, 2.05) is 38.1 Å². The van der Waals surface area contributed by atoms with Crippen molar-refractivity contribution in [2.45, 2.75) is 51.1 Å². The van der Waals surface area contributed by atoms with Crippen molar-refractivity contribution < 1.29 is 13.2 Å². The minimum atomic E-state index is -3.53. The van der Waals surface area contributed by atoms with Crippen molar-refractivity contribution in [3.63, 3.8) is 0 Å². The third-order valence-corrected chi connectivity index (χ3v) is 8.14. The number of aryl methyl sites for hydroxylation is 1. The molecule has 1 saturated heterocycles. The number of amides is 1. The fourth-order valence-corrected chi connectivity index (χ4v) is 5.72. The second-order valence-electron chi connectivity index (χ2n) is 8.51. The Kier molecular flexibility index (Phi) is 6.35. The lowest BCUT2D eigenvalue weighted by molar-refractivity contribution is 0.0937. The lowest BCUT2D eigenvalue weighted by atomic mass is 10.0. The van der Waals surface area contributed by atoms with E-state index in [-0.39, 0.29) is 16.8 Å². The fraction of sp³-hybridized carbons (Fsp3) is 0.417. The van der Waals surface area contributed by atoms with Gasteiger partial charge in [0, 0.05) is 25.2 Å². The van der Waals surface area contributed by atoms with E-state index in [9.17, 15) is 13.2 Å². The lowest BCUT2D eigenvalue weighted by Crippen LogP contribution is -2.37. The predicted molar refractivity (Wildman–Crippen MR) is 125 cm³/mol. The molecule has 8 heteroatoms. The molecule has 32 heavy (non-hydrogen) atoms. The first kappa shape index (κ1) is 22.5. The van der Waals surface area contributed by atoms with Gasteiger partial charge >= 0.3 is 0 Å². The molecule has 0 spiro atoms. The van der Waals surface area contributed by atoms with E-state index in [0.29, 0.717) is 24.6 Å². The molecule has 3 aromatic rings. The van der Waals surface area contributed by atoms with E-state index >= 15 is 0 Å².